The minimum absolute atomic E-state index is 0.149. The highest BCUT2D eigenvalue weighted by Crippen LogP contribution is 2.40. The van der Waals surface area contributed by atoms with Crippen molar-refractivity contribution in [3.05, 3.63) is 82.4 Å². The number of alkyl halides is 6. The van der Waals surface area contributed by atoms with E-state index in [1.807, 2.05) is 0 Å². The van der Waals surface area contributed by atoms with E-state index in [1.165, 1.54) is 37.9 Å². The highest BCUT2D eigenvalue weighted by atomic mass is 32.2. The summed E-state index contributed by atoms with van der Waals surface area (Å²) in [6, 6.07) is 4.88. The minimum Gasteiger partial charge on any atom is -0.497 e. The fourth-order valence-electron chi connectivity index (χ4n) is 3.69. The van der Waals surface area contributed by atoms with Crippen molar-refractivity contribution >= 4 is 26.5 Å². The quantitative estimate of drug-likeness (QED) is 0.178. The molecular formula is C25H17F8N3O5S2. The summed E-state index contributed by atoms with van der Waals surface area (Å²) >= 11 is 0.749. The summed E-state index contributed by atoms with van der Waals surface area (Å²) in [5.74, 6) is -4.99. The molecule has 0 fully saturated rings. The van der Waals surface area contributed by atoms with Gasteiger partial charge in [0.05, 0.1) is 31.9 Å². The number of ether oxygens (including phenoxy) is 3. The van der Waals surface area contributed by atoms with Crippen LogP contribution in [0.2, 0.25) is 0 Å². The largest absolute Gasteiger partial charge is 0.497 e. The van der Waals surface area contributed by atoms with Crippen molar-refractivity contribution < 1.29 is 57.8 Å². The van der Waals surface area contributed by atoms with Crippen LogP contribution >= 0.6 is 11.3 Å². The number of sulfonamides is 1. The van der Waals surface area contributed by atoms with Crippen LogP contribution in [-0.4, -0.2) is 32.8 Å². The Morgan fingerprint density at radius 3 is 2.00 bits per heavy atom. The summed E-state index contributed by atoms with van der Waals surface area (Å²) in [6.07, 6.45) is -10.5. The molecule has 4 rings (SSSR count). The van der Waals surface area contributed by atoms with Crippen LogP contribution < -0.4 is 18.5 Å². The fraction of sp³-hybridized carbons (Fsp3) is 0.200. The Hall–Kier alpha value is -4.19. The standard InChI is InChI=1S/C25H17F8N3O5S2/c1-39-16-4-3-13(20(8-16)40-2)11-36(23-35-34-12-42-23)43(37,38)22-10-18(26)21(9-19(22)27)41-17-6-14(24(28,29)30)5-15(7-17)25(31,32)33/h3-10,12H,11H2,1-2H3. The molecule has 43 heavy (non-hydrogen) atoms. The van der Waals surface area contributed by atoms with E-state index in [-0.39, 0.29) is 46.8 Å². The van der Waals surface area contributed by atoms with Crippen LogP contribution in [0.15, 0.2) is 58.9 Å². The molecule has 3 aromatic carbocycles. The van der Waals surface area contributed by atoms with E-state index in [4.69, 9.17) is 14.2 Å². The molecule has 0 saturated heterocycles. The monoisotopic (exact) mass is 655 g/mol. The van der Waals surface area contributed by atoms with Gasteiger partial charge in [0.15, 0.2) is 11.6 Å². The van der Waals surface area contributed by atoms with Gasteiger partial charge in [-0.15, -0.1) is 10.2 Å². The maximum atomic E-state index is 15.3. The summed E-state index contributed by atoms with van der Waals surface area (Å²) in [7, 11) is -2.28. The Kier molecular flexibility index (Phi) is 8.73. The Labute approximate surface area is 242 Å². The second kappa shape index (κ2) is 11.8. The van der Waals surface area contributed by atoms with Gasteiger partial charge in [-0.2, -0.15) is 26.3 Å². The maximum absolute atomic E-state index is 15.3. The first-order valence-electron chi connectivity index (χ1n) is 11.5. The minimum atomic E-state index is -5.23. The Bertz CT molecular complexity index is 1700. The van der Waals surface area contributed by atoms with Gasteiger partial charge >= 0.3 is 12.4 Å². The third kappa shape index (κ3) is 6.90. The van der Waals surface area contributed by atoms with Gasteiger partial charge in [-0.25, -0.2) is 21.5 Å². The van der Waals surface area contributed by atoms with E-state index in [2.05, 4.69) is 10.2 Å². The van der Waals surface area contributed by atoms with E-state index in [0.29, 0.717) is 10.1 Å². The number of benzene rings is 3. The lowest BCUT2D eigenvalue weighted by Crippen LogP contribution is -2.31. The first-order valence-corrected chi connectivity index (χ1v) is 13.8. The number of halogens is 8. The molecule has 0 bridgehead atoms. The molecule has 0 aliphatic carbocycles. The number of aromatic nitrogens is 2. The van der Waals surface area contributed by atoms with Crippen LogP contribution in [0.3, 0.4) is 0 Å². The Balaban J connectivity index is 1.75. The van der Waals surface area contributed by atoms with Crippen molar-refractivity contribution in [2.24, 2.45) is 0 Å². The zero-order valence-corrected chi connectivity index (χ0v) is 23.3. The van der Waals surface area contributed by atoms with Crippen LogP contribution in [0.4, 0.5) is 40.3 Å². The molecule has 230 valence electrons. The van der Waals surface area contributed by atoms with Gasteiger partial charge in [0, 0.05) is 23.8 Å². The van der Waals surface area contributed by atoms with E-state index in [9.17, 15) is 34.8 Å². The molecule has 0 saturated carbocycles. The number of anilines is 1. The van der Waals surface area contributed by atoms with Gasteiger partial charge in [0.25, 0.3) is 10.0 Å². The first-order chi connectivity index (χ1) is 20.0. The summed E-state index contributed by atoms with van der Waals surface area (Å²) in [4.78, 5) is -1.24. The number of rotatable bonds is 9. The Morgan fingerprint density at radius 2 is 1.47 bits per heavy atom. The van der Waals surface area contributed by atoms with Crippen molar-refractivity contribution in [1.29, 1.82) is 0 Å². The summed E-state index contributed by atoms with van der Waals surface area (Å²) in [5, 5.41) is 7.03. The van der Waals surface area contributed by atoms with E-state index in [1.54, 1.807) is 0 Å². The molecule has 0 amide bonds. The number of hydrogen-bond donors (Lipinski definition) is 0. The van der Waals surface area contributed by atoms with Crippen LogP contribution in [0, 0.1) is 11.6 Å². The molecule has 1 aromatic heterocycles. The second-order valence-corrected chi connectivity index (χ2v) is 11.1. The lowest BCUT2D eigenvalue weighted by molar-refractivity contribution is -0.143. The number of nitrogens with zero attached hydrogens (tertiary/aromatic N) is 3. The predicted molar refractivity (Wildman–Crippen MR) is 136 cm³/mol. The molecule has 0 spiro atoms. The first kappa shape index (κ1) is 31.7. The Morgan fingerprint density at radius 1 is 0.814 bits per heavy atom. The van der Waals surface area contributed by atoms with Crippen molar-refractivity contribution in [3.63, 3.8) is 0 Å². The molecule has 0 radical (unpaired) electrons. The molecular weight excluding hydrogens is 638 g/mol. The van der Waals surface area contributed by atoms with Gasteiger partial charge in [0.1, 0.15) is 33.5 Å². The SMILES string of the molecule is COc1ccc(CN(c2nncs2)S(=O)(=O)c2cc(F)c(Oc3cc(C(F)(F)F)cc(C(F)(F)F)c3)cc2F)c(OC)c1. The molecule has 18 heteroatoms. The van der Waals surface area contributed by atoms with Crippen LogP contribution in [0.1, 0.15) is 16.7 Å². The summed E-state index contributed by atoms with van der Waals surface area (Å²) in [6.45, 7) is -0.505. The zero-order chi connectivity index (χ0) is 31.7. The molecule has 0 unspecified atom stereocenters. The van der Waals surface area contributed by atoms with Gasteiger partial charge < -0.3 is 14.2 Å². The zero-order valence-electron chi connectivity index (χ0n) is 21.6. The predicted octanol–water partition coefficient (Wildman–Crippen LogP) is 7.06. The van der Waals surface area contributed by atoms with Crippen molar-refractivity contribution in [2.75, 3.05) is 18.5 Å². The highest BCUT2D eigenvalue weighted by Gasteiger charge is 2.38. The highest BCUT2D eigenvalue weighted by molar-refractivity contribution is 7.93. The summed E-state index contributed by atoms with van der Waals surface area (Å²) < 4.78 is 152. The van der Waals surface area contributed by atoms with Crippen molar-refractivity contribution in [2.45, 2.75) is 23.8 Å². The molecule has 1 heterocycles. The van der Waals surface area contributed by atoms with E-state index in [0.717, 1.165) is 11.3 Å². The van der Waals surface area contributed by atoms with Crippen molar-refractivity contribution in [3.8, 4) is 23.0 Å². The smallest absolute Gasteiger partial charge is 0.416 e. The topological polar surface area (TPSA) is 90.9 Å². The third-order valence-corrected chi connectivity index (χ3v) is 8.29. The van der Waals surface area contributed by atoms with Gasteiger partial charge in [-0.05, 0) is 30.3 Å². The van der Waals surface area contributed by atoms with Gasteiger partial charge in [-0.3, -0.25) is 0 Å². The lowest BCUT2D eigenvalue weighted by Gasteiger charge is -2.23. The molecule has 0 aliphatic rings. The number of hydrogen-bond acceptors (Lipinski definition) is 8. The second-order valence-electron chi connectivity index (χ2n) is 8.47. The molecule has 8 nitrogen and oxygen atoms in total. The third-order valence-electron chi connectivity index (χ3n) is 5.71. The van der Waals surface area contributed by atoms with E-state index < -0.39 is 68.1 Å². The van der Waals surface area contributed by atoms with E-state index >= 15 is 8.78 Å². The molecule has 4 aromatic rings. The average Bonchev–Trinajstić information content (AvgIpc) is 3.46. The van der Waals surface area contributed by atoms with Crippen LogP contribution in [-0.2, 0) is 28.9 Å². The molecule has 0 N–H and O–H groups in total. The normalized spacial score (nSPS) is 12.2. The molecule has 0 atom stereocenters. The average molecular weight is 656 g/mol. The number of methoxy groups -OCH3 is 2. The fourth-order valence-corrected chi connectivity index (χ4v) is 5.92. The van der Waals surface area contributed by atoms with Crippen LogP contribution in [0.25, 0.3) is 0 Å². The lowest BCUT2D eigenvalue weighted by atomic mass is 10.1. The van der Waals surface area contributed by atoms with Crippen LogP contribution in [0.5, 0.6) is 23.0 Å². The summed E-state index contributed by atoms with van der Waals surface area (Å²) in [5.41, 5.74) is -2.09. The van der Waals surface area contributed by atoms with Crippen molar-refractivity contribution in [1.82, 2.24) is 10.2 Å². The maximum Gasteiger partial charge on any atom is 0.416 e. The van der Waals surface area contributed by atoms with Gasteiger partial charge in [-0.1, -0.05) is 11.3 Å². The van der Waals surface area contributed by atoms with Gasteiger partial charge in [0.2, 0.25) is 5.13 Å². The molecule has 0 aliphatic heterocycles.